The van der Waals surface area contributed by atoms with E-state index in [4.69, 9.17) is 23.2 Å². The van der Waals surface area contributed by atoms with Gasteiger partial charge < -0.3 is 15.1 Å². The molecule has 0 saturated carbocycles. The lowest BCUT2D eigenvalue weighted by molar-refractivity contribution is 0.0758. The van der Waals surface area contributed by atoms with E-state index in [-0.39, 0.29) is 17.7 Å². The molecule has 3 aromatic carbocycles. The molecule has 1 N–H and O–H groups in total. The van der Waals surface area contributed by atoms with Crippen LogP contribution in [-0.4, -0.2) is 53.7 Å². The lowest BCUT2D eigenvalue weighted by Gasteiger charge is -2.23. The van der Waals surface area contributed by atoms with Crippen molar-refractivity contribution in [3.05, 3.63) is 99.5 Å². The van der Waals surface area contributed by atoms with Gasteiger partial charge in [-0.25, -0.2) is 4.79 Å². The number of benzene rings is 3. The largest absolute Gasteiger partial charge is 0.337 e. The van der Waals surface area contributed by atoms with E-state index < -0.39 is 0 Å². The van der Waals surface area contributed by atoms with Crippen molar-refractivity contribution in [3.8, 4) is 0 Å². The topological polar surface area (TPSA) is 69.7 Å². The summed E-state index contributed by atoms with van der Waals surface area (Å²) in [5.74, 6) is -0.465. The molecule has 3 aromatic rings. The first kappa shape index (κ1) is 23.8. The van der Waals surface area contributed by atoms with E-state index in [0.29, 0.717) is 65.0 Å². The highest BCUT2D eigenvalue weighted by Gasteiger charge is 2.26. The van der Waals surface area contributed by atoms with Crippen LogP contribution in [-0.2, 0) is 0 Å². The van der Waals surface area contributed by atoms with Gasteiger partial charge in [0, 0.05) is 53.0 Å². The Labute approximate surface area is 208 Å². The Hall–Kier alpha value is -3.35. The number of nitrogens with one attached hydrogen (secondary N) is 1. The van der Waals surface area contributed by atoms with Gasteiger partial charge in [-0.1, -0.05) is 47.5 Å². The van der Waals surface area contributed by atoms with Crippen molar-refractivity contribution in [2.24, 2.45) is 0 Å². The lowest BCUT2D eigenvalue weighted by Crippen LogP contribution is -2.39. The first-order chi connectivity index (χ1) is 16.4. The first-order valence-electron chi connectivity index (χ1n) is 10.9. The molecule has 1 aliphatic rings. The summed E-state index contributed by atoms with van der Waals surface area (Å²) in [7, 11) is 0. The summed E-state index contributed by atoms with van der Waals surface area (Å²) in [5.41, 5.74) is 1.77. The molecule has 1 fully saturated rings. The number of hydrogen-bond donors (Lipinski definition) is 1. The number of hydrogen-bond acceptors (Lipinski definition) is 3. The lowest BCUT2D eigenvalue weighted by atomic mass is 9.97. The highest BCUT2D eigenvalue weighted by Crippen LogP contribution is 2.20. The number of nitrogens with zero attached hydrogens (tertiary/aromatic N) is 2. The number of amides is 3. The van der Waals surface area contributed by atoms with Crippen LogP contribution in [0.2, 0.25) is 10.0 Å². The molecule has 0 aromatic heterocycles. The predicted molar refractivity (Wildman–Crippen MR) is 134 cm³/mol. The molecule has 34 heavy (non-hydrogen) atoms. The monoisotopic (exact) mass is 495 g/mol. The van der Waals surface area contributed by atoms with Gasteiger partial charge in [-0.05, 0) is 55.0 Å². The normalized spacial score (nSPS) is 13.8. The number of anilines is 1. The summed E-state index contributed by atoms with van der Waals surface area (Å²) in [4.78, 5) is 42.6. The zero-order valence-electron chi connectivity index (χ0n) is 18.3. The van der Waals surface area contributed by atoms with Gasteiger partial charge in [0.1, 0.15) is 0 Å². The summed E-state index contributed by atoms with van der Waals surface area (Å²) < 4.78 is 0. The number of ketones is 1. The van der Waals surface area contributed by atoms with Crippen LogP contribution in [0.5, 0.6) is 0 Å². The van der Waals surface area contributed by atoms with E-state index in [2.05, 4.69) is 5.32 Å². The molecule has 0 aliphatic carbocycles. The van der Waals surface area contributed by atoms with Crippen LogP contribution in [0.3, 0.4) is 0 Å². The fourth-order valence-electron chi connectivity index (χ4n) is 3.89. The van der Waals surface area contributed by atoms with Crippen molar-refractivity contribution in [2.75, 3.05) is 31.5 Å². The van der Waals surface area contributed by atoms with Crippen LogP contribution < -0.4 is 5.32 Å². The Bertz CT molecular complexity index is 1210. The van der Waals surface area contributed by atoms with Crippen LogP contribution >= 0.6 is 23.2 Å². The van der Waals surface area contributed by atoms with Crippen LogP contribution in [0.4, 0.5) is 10.5 Å². The average Bonchev–Trinajstić information content (AvgIpc) is 3.10. The molecule has 174 valence electrons. The Kier molecular flexibility index (Phi) is 7.50. The van der Waals surface area contributed by atoms with Crippen molar-refractivity contribution >= 4 is 46.6 Å². The van der Waals surface area contributed by atoms with Gasteiger partial charge in [-0.3, -0.25) is 9.59 Å². The molecule has 4 rings (SSSR count). The van der Waals surface area contributed by atoms with E-state index in [1.807, 2.05) is 0 Å². The third-order valence-corrected chi connectivity index (χ3v) is 6.14. The van der Waals surface area contributed by atoms with Crippen LogP contribution in [0.15, 0.2) is 72.8 Å². The first-order valence-corrected chi connectivity index (χ1v) is 11.7. The van der Waals surface area contributed by atoms with Crippen molar-refractivity contribution in [1.29, 1.82) is 0 Å². The minimum absolute atomic E-state index is 0.227. The summed E-state index contributed by atoms with van der Waals surface area (Å²) in [6.07, 6.45) is 0.627. The van der Waals surface area contributed by atoms with Gasteiger partial charge in [0.25, 0.3) is 5.91 Å². The molecule has 3 amide bonds. The Balaban J connectivity index is 1.45. The summed E-state index contributed by atoms with van der Waals surface area (Å²) in [6.45, 7) is 1.75. The van der Waals surface area contributed by atoms with Gasteiger partial charge >= 0.3 is 6.03 Å². The summed E-state index contributed by atoms with van der Waals surface area (Å²) in [6, 6.07) is 20.1. The van der Waals surface area contributed by atoms with Gasteiger partial charge in [-0.2, -0.15) is 0 Å². The molecule has 0 unspecified atom stereocenters. The van der Waals surface area contributed by atoms with Gasteiger partial charge in [0.15, 0.2) is 5.78 Å². The van der Waals surface area contributed by atoms with E-state index in [9.17, 15) is 14.4 Å². The zero-order chi connectivity index (χ0) is 24.1. The number of halogens is 2. The summed E-state index contributed by atoms with van der Waals surface area (Å²) in [5, 5.41) is 3.92. The molecule has 1 aliphatic heterocycles. The molecule has 1 saturated heterocycles. The second kappa shape index (κ2) is 10.7. The predicted octanol–water partition coefficient (Wildman–Crippen LogP) is 5.60. The number of rotatable bonds is 4. The molecular weight excluding hydrogens is 473 g/mol. The van der Waals surface area contributed by atoms with E-state index in [0.717, 1.165) is 0 Å². The third-order valence-electron chi connectivity index (χ3n) is 5.65. The quantitative estimate of drug-likeness (QED) is 0.478. The molecule has 0 atom stereocenters. The Morgan fingerprint density at radius 2 is 1.38 bits per heavy atom. The minimum Gasteiger partial charge on any atom is -0.337 e. The Morgan fingerprint density at radius 1 is 0.706 bits per heavy atom. The Morgan fingerprint density at radius 3 is 2.12 bits per heavy atom. The average molecular weight is 496 g/mol. The maximum atomic E-state index is 13.4. The van der Waals surface area contributed by atoms with Crippen LogP contribution in [0.25, 0.3) is 0 Å². The van der Waals surface area contributed by atoms with E-state index in [1.165, 1.54) is 0 Å². The molecule has 0 radical (unpaired) electrons. The molecule has 8 heteroatoms. The smallest absolute Gasteiger partial charge is 0.321 e. The maximum Gasteiger partial charge on any atom is 0.321 e. The third kappa shape index (κ3) is 5.58. The van der Waals surface area contributed by atoms with Crippen LogP contribution in [0.1, 0.15) is 32.7 Å². The van der Waals surface area contributed by atoms with Gasteiger partial charge in [0.2, 0.25) is 0 Å². The van der Waals surface area contributed by atoms with Gasteiger partial charge in [-0.15, -0.1) is 0 Å². The van der Waals surface area contributed by atoms with Crippen molar-refractivity contribution in [1.82, 2.24) is 9.80 Å². The van der Waals surface area contributed by atoms with Crippen molar-refractivity contribution in [2.45, 2.75) is 6.42 Å². The van der Waals surface area contributed by atoms with Gasteiger partial charge in [0.05, 0.1) is 5.56 Å². The fraction of sp³-hybridized carbons (Fsp3) is 0.192. The highest BCUT2D eigenvalue weighted by atomic mass is 35.5. The molecule has 0 bridgehead atoms. The highest BCUT2D eigenvalue weighted by molar-refractivity contribution is 6.31. The standard InChI is InChI=1S/C26H23Cl2N3O3/c27-19-11-9-18(10-12-19)24(32)22-7-1-2-8-23(22)25(33)30-13-4-14-31(16-15-30)26(34)29-21-6-3-5-20(28)17-21/h1-3,5-12,17H,4,13-16H2,(H,29,34). The fourth-order valence-corrected chi connectivity index (χ4v) is 4.20. The minimum atomic E-state index is -0.241. The van der Waals surface area contributed by atoms with E-state index >= 15 is 0 Å². The summed E-state index contributed by atoms with van der Waals surface area (Å²) >= 11 is 11.9. The molecule has 0 spiro atoms. The SMILES string of the molecule is O=C(c1ccc(Cl)cc1)c1ccccc1C(=O)N1CCCN(C(=O)Nc2cccc(Cl)c2)CC1. The molecule has 1 heterocycles. The number of carbonyl (C=O) groups excluding carboxylic acids is 3. The second-order valence-corrected chi connectivity index (χ2v) is 8.83. The number of urea groups is 1. The maximum absolute atomic E-state index is 13.4. The van der Waals surface area contributed by atoms with Crippen molar-refractivity contribution in [3.63, 3.8) is 0 Å². The molecule has 6 nitrogen and oxygen atoms in total. The van der Waals surface area contributed by atoms with Crippen LogP contribution in [0, 0.1) is 0 Å². The van der Waals surface area contributed by atoms with Crippen molar-refractivity contribution < 1.29 is 14.4 Å². The van der Waals surface area contributed by atoms with E-state index in [1.54, 1.807) is 82.6 Å². The second-order valence-electron chi connectivity index (χ2n) is 7.95. The molecular formula is C26H23Cl2N3O3. The number of carbonyl (C=O) groups is 3. The zero-order valence-corrected chi connectivity index (χ0v) is 19.9.